The number of hydrogen-bond donors (Lipinski definition) is 0. The van der Waals surface area contributed by atoms with Crippen molar-refractivity contribution >= 4 is 55.8 Å². The van der Waals surface area contributed by atoms with E-state index in [1.165, 1.54) is 52.1 Å². The van der Waals surface area contributed by atoms with E-state index in [-0.39, 0.29) is 62.9 Å². The van der Waals surface area contributed by atoms with Crippen molar-refractivity contribution in [3.8, 4) is 0 Å². The van der Waals surface area contributed by atoms with Crippen LogP contribution in [0.5, 0.6) is 0 Å². The quantitative estimate of drug-likeness (QED) is 0.271. The zero-order valence-electron chi connectivity index (χ0n) is 18.8. The Balaban J connectivity index is 0.000000185. The molecule has 0 amide bonds. The summed E-state index contributed by atoms with van der Waals surface area (Å²) in [7, 11) is 0. The van der Waals surface area contributed by atoms with Gasteiger partial charge >= 0.3 is 26.2 Å². The van der Waals surface area contributed by atoms with Crippen LogP contribution in [0.3, 0.4) is 0 Å². The first-order valence-corrected chi connectivity index (χ1v) is 13.2. The largest absolute Gasteiger partial charge is 4.00 e. The molecular formula is C30H18Br2Cl2SZr. The zero-order valence-corrected chi connectivity index (χ0v) is 26.8. The van der Waals surface area contributed by atoms with Gasteiger partial charge in [0.2, 0.25) is 0 Å². The van der Waals surface area contributed by atoms with Gasteiger partial charge in [-0.05, 0) is 23.1 Å². The summed E-state index contributed by atoms with van der Waals surface area (Å²) in [6, 6.07) is 30.0. The molecule has 2 aliphatic heterocycles. The molecule has 4 aromatic carbocycles. The number of hydrogen-bond acceptors (Lipinski definition) is 1. The van der Waals surface area contributed by atoms with Crippen LogP contribution in [-0.4, -0.2) is 0 Å². The molecule has 4 aromatic rings. The first kappa shape index (κ1) is 29.7. The van der Waals surface area contributed by atoms with Crippen molar-refractivity contribution < 1.29 is 51.0 Å². The summed E-state index contributed by atoms with van der Waals surface area (Å²) in [6.45, 7) is 0. The third-order valence-corrected chi connectivity index (χ3v) is 8.48. The van der Waals surface area contributed by atoms with E-state index in [9.17, 15) is 0 Å². The van der Waals surface area contributed by atoms with Crippen molar-refractivity contribution in [3.63, 3.8) is 0 Å². The van der Waals surface area contributed by atoms with Crippen LogP contribution in [0.25, 0.3) is 12.2 Å². The number of fused-ring (bicyclic) bond motifs is 2. The molecular weight excluding hydrogens is 714 g/mol. The minimum Gasteiger partial charge on any atom is -1.00 e. The number of halogens is 4. The van der Waals surface area contributed by atoms with Crippen molar-refractivity contribution in [1.29, 1.82) is 0 Å². The minimum absolute atomic E-state index is 0. The average molecular weight is 732 g/mol. The molecule has 8 rings (SSSR count). The second kappa shape index (κ2) is 12.8. The Morgan fingerprint density at radius 1 is 0.583 bits per heavy atom. The first-order chi connectivity index (χ1) is 16.2. The third-order valence-electron chi connectivity index (χ3n) is 6.17. The predicted octanol–water partition coefficient (Wildman–Crippen LogP) is 3.29. The van der Waals surface area contributed by atoms with Gasteiger partial charge in [0.15, 0.2) is 0 Å². The van der Waals surface area contributed by atoms with Crippen LogP contribution in [0.4, 0.5) is 0 Å². The number of benzene rings is 4. The summed E-state index contributed by atoms with van der Waals surface area (Å²) >= 11 is 9.15. The molecule has 2 heterocycles. The van der Waals surface area contributed by atoms with E-state index in [1.807, 2.05) is 17.8 Å². The molecule has 0 saturated carbocycles. The van der Waals surface area contributed by atoms with Crippen molar-refractivity contribution in [2.45, 2.75) is 21.6 Å². The molecule has 0 nitrogen and oxygen atoms in total. The van der Waals surface area contributed by atoms with Gasteiger partial charge in [-0.25, -0.2) is 12.2 Å². The van der Waals surface area contributed by atoms with Gasteiger partial charge in [-0.3, -0.25) is 12.2 Å². The third kappa shape index (κ3) is 5.75. The Morgan fingerprint density at radius 3 is 2.00 bits per heavy atom. The first-order valence-electron chi connectivity index (χ1n) is 10.8. The Bertz CT molecular complexity index is 1440. The van der Waals surface area contributed by atoms with Gasteiger partial charge in [-0.2, -0.15) is 11.1 Å². The maximum absolute atomic E-state index is 3.70. The van der Waals surface area contributed by atoms with E-state index in [1.54, 1.807) is 0 Å². The van der Waals surface area contributed by atoms with Gasteiger partial charge in [0.05, 0.1) is 0 Å². The topological polar surface area (TPSA) is 0 Å². The van der Waals surface area contributed by atoms with E-state index in [2.05, 4.69) is 135 Å². The van der Waals surface area contributed by atoms with E-state index in [0.29, 0.717) is 0 Å². The molecule has 0 aromatic heterocycles. The second-order valence-corrected chi connectivity index (χ2v) is 11.1. The summed E-state index contributed by atoms with van der Waals surface area (Å²) < 4.78 is 2.37. The molecule has 36 heavy (non-hydrogen) atoms. The normalized spacial score (nSPS) is 16.7. The van der Waals surface area contributed by atoms with Gasteiger partial charge in [0.25, 0.3) is 0 Å². The summed E-state index contributed by atoms with van der Waals surface area (Å²) in [6.07, 6.45) is 11.1. The van der Waals surface area contributed by atoms with E-state index < -0.39 is 0 Å². The van der Waals surface area contributed by atoms with Crippen molar-refractivity contribution in [1.82, 2.24) is 0 Å². The fourth-order valence-electron chi connectivity index (χ4n) is 4.66. The number of allylic oxidation sites excluding steroid dienone is 2. The van der Waals surface area contributed by atoms with Gasteiger partial charge in [-0.15, -0.1) is 23.3 Å². The van der Waals surface area contributed by atoms with Crippen molar-refractivity contribution in [2.75, 3.05) is 0 Å². The van der Waals surface area contributed by atoms with Crippen LogP contribution < -0.4 is 24.8 Å². The van der Waals surface area contributed by atoms with Crippen LogP contribution in [0, 0.1) is 12.2 Å². The van der Waals surface area contributed by atoms with Crippen LogP contribution in [0.2, 0.25) is 0 Å². The summed E-state index contributed by atoms with van der Waals surface area (Å²) in [5.41, 5.74) is 7.88. The summed E-state index contributed by atoms with van der Waals surface area (Å²) in [5, 5.41) is 0. The van der Waals surface area contributed by atoms with E-state index in [0.717, 1.165) is 0 Å². The molecule has 0 radical (unpaired) electrons. The molecule has 0 spiro atoms. The Morgan fingerprint density at radius 2 is 1.22 bits per heavy atom. The Kier molecular flexibility index (Phi) is 10.5. The molecule has 2 aliphatic carbocycles. The molecule has 176 valence electrons. The van der Waals surface area contributed by atoms with Gasteiger partial charge in [0.1, 0.15) is 0 Å². The average Bonchev–Trinajstić information content (AvgIpc) is 3.47. The maximum Gasteiger partial charge on any atom is 4.00 e. The zero-order chi connectivity index (χ0) is 22.4. The maximum atomic E-state index is 3.70. The molecule has 0 fully saturated rings. The minimum atomic E-state index is 0. The molecule has 2 unspecified atom stereocenters. The molecule has 2 atom stereocenters. The van der Waals surface area contributed by atoms with Crippen LogP contribution in [0.1, 0.15) is 45.2 Å². The van der Waals surface area contributed by atoms with E-state index >= 15 is 0 Å². The van der Waals surface area contributed by atoms with Crippen molar-refractivity contribution in [3.05, 3.63) is 139 Å². The van der Waals surface area contributed by atoms with Crippen LogP contribution in [-0.2, 0) is 26.2 Å². The summed E-state index contributed by atoms with van der Waals surface area (Å²) in [5.74, 6) is 0.554. The molecule has 6 bridgehead atoms. The number of rotatable bonds is 1. The fraction of sp³-hybridized carbons (Fsp3) is 0.0667. The Labute approximate surface area is 265 Å². The van der Waals surface area contributed by atoms with E-state index in [4.69, 9.17) is 0 Å². The smallest absolute Gasteiger partial charge is 1.00 e. The van der Waals surface area contributed by atoms with Crippen LogP contribution >= 0.6 is 43.6 Å². The predicted molar refractivity (Wildman–Crippen MR) is 144 cm³/mol. The van der Waals surface area contributed by atoms with Gasteiger partial charge in [-0.1, -0.05) is 121 Å². The SMILES string of the molecule is Brc1cc2cc3c1C([C-]=C3)c1cccc(c1)S2.Brc1cccc2c1C(c1ccccc1)[C-]=C2.[Cl-].[Cl-].[Zr+4]. The molecule has 6 heteroatoms. The van der Waals surface area contributed by atoms with Gasteiger partial charge in [0, 0.05) is 13.8 Å². The fourth-order valence-corrected chi connectivity index (χ4v) is 7.10. The standard InChI is InChI=1S/C15H8BrS.C15H10Br.2ClH.Zr/c16-14-8-12-7-10-4-5-13(15(10)14)9-2-1-3-11(6-9)17-12;16-14-8-4-7-12-9-10-13(15(12)14)11-5-2-1-3-6-11;;;/h1-4,6-8,13H;1-9,13H;2*1H;/q2*-1;;;+4/p-2. The monoisotopic (exact) mass is 728 g/mol. The second-order valence-electron chi connectivity index (χ2n) is 8.22. The van der Waals surface area contributed by atoms with Gasteiger partial charge < -0.3 is 24.8 Å². The Hall–Kier alpha value is -0.867. The van der Waals surface area contributed by atoms with Crippen molar-refractivity contribution in [2.24, 2.45) is 0 Å². The molecule has 4 aliphatic rings. The molecule has 0 N–H and O–H groups in total. The molecule has 0 saturated heterocycles. The van der Waals surface area contributed by atoms with Crippen LogP contribution in [0.15, 0.2) is 104 Å². The summed E-state index contributed by atoms with van der Waals surface area (Å²) in [4.78, 5) is 2.59.